The smallest absolute Gasteiger partial charge is 0.163 e. The molecule has 1 unspecified atom stereocenters. The van der Waals surface area contributed by atoms with Gasteiger partial charge in [-0.05, 0) is 48.1 Å². The van der Waals surface area contributed by atoms with Crippen molar-refractivity contribution < 1.29 is 9.53 Å². The summed E-state index contributed by atoms with van der Waals surface area (Å²) in [6, 6.07) is 16.2. The van der Waals surface area contributed by atoms with Crippen LogP contribution >= 0.6 is 0 Å². The van der Waals surface area contributed by atoms with E-state index >= 15 is 0 Å². The van der Waals surface area contributed by atoms with E-state index in [0.717, 1.165) is 59.8 Å². The van der Waals surface area contributed by atoms with Gasteiger partial charge < -0.3 is 15.4 Å². The van der Waals surface area contributed by atoms with Crippen LogP contribution in [0.25, 0.3) is 0 Å². The molecule has 0 bridgehead atoms. The fourth-order valence-electron chi connectivity index (χ4n) is 4.23. The summed E-state index contributed by atoms with van der Waals surface area (Å²) in [7, 11) is 0. The highest BCUT2D eigenvalue weighted by Gasteiger charge is 2.38. The molecule has 4 nitrogen and oxygen atoms in total. The largest absolute Gasteiger partial charge is 0.494 e. The predicted molar refractivity (Wildman–Crippen MR) is 118 cm³/mol. The maximum atomic E-state index is 13.2. The molecule has 29 heavy (non-hydrogen) atoms. The van der Waals surface area contributed by atoms with Crippen LogP contribution in [0.2, 0.25) is 0 Å². The fraction of sp³-hybridized carbons (Fsp3) is 0.400. The third-order valence-electron chi connectivity index (χ3n) is 5.70. The monoisotopic (exact) mass is 390 g/mol. The van der Waals surface area contributed by atoms with Gasteiger partial charge in [-0.2, -0.15) is 0 Å². The number of benzene rings is 2. The lowest BCUT2D eigenvalue weighted by Crippen LogP contribution is -2.31. The Kier molecular flexibility index (Phi) is 5.35. The molecule has 2 aromatic rings. The quantitative estimate of drug-likeness (QED) is 0.607. The molecule has 0 saturated carbocycles. The van der Waals surface area contributed by atoms with Crippen LogP contribution in [-0.4, -0.2) is 12.4 Å². The van der Waals surface area contributed by atoms with Crippen molar-refractivity contribution in [2.45, 2.75) is 52.5 Å². The Balaban J connectivity index is 1.71. The Labute approximate surface area is 173 Å². The van der Waals surface area contributed by atoms with Gasteiger partial charge in [-0.15, -0.1) is 0 Å². The van der Waals surface area contributed by atoms with Crippen molar-refractivity contribution in [1.29, 1.82) is 0 Å². The van der Waals surface area contributed by atoms with E-state index in [4.69, 9.17) is 4.74 Å². The first-order chi connectivity index (χ1) is 14.0. The molecular weight excluding hydrogens is 360 g/mol. The van der Waals surface area contributed by atoms with Crippen LogP contribution in [0.3, 0.4) is 0 Å². The number of fused-ring (bicyclic) bond motifs is 1. The number of hydrogen-bond donors (Lipinski definition) is 2. The van der Waals surface area contributed by atoms with Crippen molar-refractivity contribution in [2.24, 2.45) is 5.41 Å². The summed E-state index contributed by atoms with van der Waals surface area (Å²) in [6.45, 7) is 7.22. The summed E-state index contributed by atoms with van der Waals surface area (Å²) in [5.41, 5.74) is 4.97. The molecule has 1 aliphatic carbocycles. The summed E-state index contributed by atoms with van der Waals surface area (Å²) in [5.74, 6) is 1.09. The van der Waals surface area contributed by atoms with E-state index < -0.39 is 0 Å². The van der Waals surface area contributed by atoms with Crippen LogP contribution in [0.15, 0.2) is 59.8 Å². The van der Waals surface area contributed by atoms with Gasteiger partial charge in [-0.25, -0.2) is 0 Å². The Bertz CT molecular complexity index is 928. The first kappa shape index (κ1) is 19.6. The van der Waals surface area contributed by atoms with Gasteiger partial charge in [-0.3, -0.25) is 4.79 Å². The highest BCUT2D eigenvalue weighted by molar-refractivity contribution is 6.01. The normalized spacial score (nSPS) is 20.1. The Hall–Kier alpha value is -2.75. The summed E-state index contributed by atoms with van der Waals surface area (Å²) in [6.07, 6.45) is 3.60. The molecule has 1 heterocycles. The van der Waals surface area contributed by atoms with E-state index in [1.54, 1.807) is 0 Å². The second-order valence-electron chi connectivity index (χ2n) is 8.85. The maximum Gasteiger partial charge on any atom is 0.163 e. The van der Waals surface area contributed by atoms with Gasteiger partial charge in [0.05, 0.1) is 24.0 Å². The molecule has 0 aromatic heterocycles. The zero-order chi connectivity index (χ0) is 20.4. The second-order valence-corrected chi connectivity index (χ2v) is 8.85. The molecule has 1 atom stereocenters. The molecule has 4 rings (SSSR count). The number of unbranched alkanes of at least 4 members (excludes halogenated alkanes) is 1. The number of ketones is 1. The Morgan fingerprint density at radius 2 is 1.76 bits per heavy atom. The van der Waals surface area contributed by atoms with Crippen molar-refractivity contribution in [3.63, 3.8) is 0 Å². The molecule has 2 aromatic carbocycles. The maximum absolute atomic E-state index is 13.2. The van der Waals surface area contributed by atoms with Crippen molar-refractivity contribution in [2.75, 3.05) is 17.2 Å². The van der Waals surface area contributed by atoms with Crippen LogP contribution in [-0.2, 0) is 4.79 Å². The minimum atomic E-state index is -0.172. The van der Waals surface area contributed by atoms with E-state index in [1.165, 1.54) is 0 Å². The van der Waals surface area contributed by atoms with Crippen LogP contribution in [0.5, 0.6) is 5.75 Å². The minimum Gasteiger partial charge on any atom is -0.494 e. The van der Waals surface area contributed by atoms with Gasteiger partial charge in [0.25, 0.3) is 0 Å². The van der Waals surface area contributed by atoms with Crippen molar-refractivity contribution in [3.05, 3.63) is 65.4 Å². The van der Waals surface area contributed by atoms with E-state index in [2.05, 4.69) is 55.7 Å². The molecule has 0 radical (unpaired) electrons. The summed E-state index contributed by atoms with van der Waals surface area (Å²) in [5, 5.41) is 7.19. The van der Waals surface area contributed by atoms with Crippen LogP contribution in [0.4, 0.5) is 11.4 Å². The lowest BCUT2D eigenvalue weighted by molar-refractivity contribution is -0.118. The summed E-state index contributed by atoms with van der Waals surface area (Å²) in [4.78, 5) is 13.2. The number of allylic oxidation sites excluding steroid dienone is 1. The van der Waals surface area contributed by atoms with Crippen LogP contribution < -0.4 is 15.4 Å². The van der Waals surface area contributed by atoms with Gasteiger partial charge in [0.1, 0.15) is 5.75 Å². The number of hydrogen-bond acceptors (Lipinski definition) is 4. The Morgan fingerprint density at radius 3 is 2.48 bits per heavy atom. The standard InChI is InChI=1S/C25H30N2O2/c1-4-5-14-29-18-12-10-17(11-13-18)24-23-21(15-25(2,3)16-22(23)28)26-19-8-6-7-9-20(19)27-24/h6-13,24,26-27H,4-5,14-16H2,1-3H3. The van der Waals surface area contributed by atoms with Gasteiger partial charge in [0, 0.05) is 17.7 Å². The molecule has 1 aliphatic heterocycles. The van der Waals surface area contributed by atoms with Gasteiger partial charge in [0.15, 0.2) is 5.78 Å². The first-order valence-electron chi connectivity index (χ1n) is 10.6. The highest BCUT2D eigenvalue weighted by Crippen LogP contribution is 2.45. The summed E-state index contributed by atoms with van der Waals surface area (Å²) < 4.78 is 5.81. The average molecular weight is 391 g/mol. The third kappa shape index (κ3) is 4.16. The minimum absolute atomic E-state index is 0.0380. The molecule has 0 amide bonds. The van der Waals surface area contributed by atoms with Gasteiger partial charge in [0.2, 0.25) is 0 Å². The molecule has 2 N–H and O–H groups in total. The number of anilines is 2. The summed E-state index contributed by atoms with van der Waals surface area (Å²) >= 11 is 0. The second kappa shape index (κ2) is 7.94. The van der Waals surface area contributed by atoms with E-state index in [1.807, 2.05) is 24.3 Å². The van der Waals surface area contributed by atoms with Crippen LogP contribution in [0.1, 0.15) is 58.1 Å². The molecule has 2 aliphatic rings. The van der Waals surface area contributed by atoms with E-state index in [0.29, 0.717) is 6.42 Å². The zero-order valence-electron chi connectivity index (χ0n) is 17.5. The molecule has 0 saturated heterocycles. The number of ether oxygens (including phenoxy) is 1. The topological polar surface area (TPSA) is 50.4 Å². The van der Waals surface area contributed by atoms with Crippen LogP contribution in [0, 0.1) is 5.41 Å². The first-order valence-corrected chi connectivity index (χ1v) is 10.6. The lowest BCUT2D eigenvalue weighted by Gasteiger charge is -2.34. The average Bonchev–Trinajstić information content (AvgIpc) is 2.84. The molecular formula is C25H30N2O2. The van der Waals surface area contributed by atoms with E-state index in [9.17, 15) is 4.79 Å². The predicted octanol–water partition coefficient (Wildman–Crippen LogP) is 6.09. The lowest BCUT2D eigenvalue weighted by atomic mass is 9.73. The number of carbonyl (C=O) groups excluding carboxylic acids is 1. The van der Waals surface area contributed by atoms with E-state index in [-0.39, 0.29) is 17.2 Å². The van der Waals surface area contributed by atoms with Gasteiger partial charge >= 0.3 is 0 Å². The third-order valence-corrected chi connectivity index (χ3v) is 5.70. The van der Waals surface area contributed by atoms with Crippen molar-refractivity contribution in [1.82, 2.24) is 0 Å². The zero-order valence-corrected chi connectivity index (χ0v) is 17.5. The van der Waals surface area contributed by atoms with Crippen molar-refractivity contribution in [3.8, 4) is 5.75 Å². The number of carbonyl (C=O) groups is 1. The number of para-hydroxylation sites is 2. The number of nitrogens with one attached hydrogen (secondary N) is 2. The van der Waals surface area contributed by atoms with Gasteiger partial charge in [-0.1, -0.05) is 51.5 Å². The number of rotatable bonds is 5. The van der Waals surface area contributed by atoms with Crippen molar-refractivity contribution >= 4 is 17.2 Å². The molecule has 4 heteroatoms. The highest BCUT2D eigenvalue weighted by atomic mass is 16.5. The molecule has 0 spiro atoms. The SMILES string of the molecule is CCCCOc1ccc(C2Nc3ccccc3NC3=C2C(=O)CC(C)(C)C3)cc1. The fourth-order valence-corrected chi connectivity index (χ4v) is 4.23. The molecule has 152 valence electrons. The molecule has 0 fully saturated rings. The number of Topliss-reactive ketones (excluding diaryl/α,β-unsaturated/α-hetero) is 1. The Morgan fingerprint density at radius 1 is 1.03 bits per heavy atom.